The van der Waals surface area contributed by atoms with Crippen molar-refractivity contribution in [3.63, 3.8) is 0 Å². The largest absolute Gasteiger partial charge is 0.352 e. The Morgan fingerprint density at radius 3 is 2.30 bits per heavy atom. The van der Waals surface area contributed by atoms with Crippen molar-refractivity contribution >= 4 is 10.9 Å². The average Bonchev–Trinajstić information content (AvgIpc) is 2.45. The molecule has 0 bridgehead atoms. The molecule has 0 saturated carbocycles. The first-order valence-corrected chi connectivity index (χ1v) is 5.84. The molecule has 1 heterocycles. The van der Waals surface area contributed by atoms with Crippen molar-refractivity contribution < 1.29 is 13.2 Å². The fourth-order valence-electron chi connectivity index (χ4n) is 2.10. The number of aromatic nitrogens is 1. The predicted octanol–water partition coefficient (Wildman–Crippen LogP) is 3.61. The number of fused-ring (bicyclic) bond motifs is 1. The highest BCUT2D eigenvalue weighted by Gasteiger charge is 2.16. The third-order valence-electron chi connectivity index (χ3n) is 3.04. The molecular weight excluding hydrogens is 267 g/mol. The highest BCUT2D eigenvalue weighted by atomic mass is 19.2. The van der Waals surface area contributed by atoms with Gasteiger partial charge in [-0.25, -0.2) is 13.2 Å². The third-order valence-corrected chi connectivity index (χ3v) is 3.04. The van der Waals surface area contributed by atoms with E-state index in [0.717, 1.165) is 6.07 Å². The zero-order valence-corrected chi connectivity index (χ0v) is 10.1. The molecule has 3 aromatic rings. The molecule has 0 radical (unpaired) electrons. The van der Waals surface area contributed by atoms with Crippen LogP contribution in [0, 0.1) is 17.5 Å². The van der Waals surface area contributed by atoms with Gasteiger partial charge in [0.1, 0.15) is 0 Å². The second-order valence-electron chi connectivity index (χ2n) is 4.32. The van der Waals surface area contributed by atoms with Crippen LogP contribution in [0.25, 0.3) is 22.2 Å². The van der Waals surface area contributed by atoms with Gasteiger partial charge in [0.05, 0.1) is 10.9 Å². The van der Waals surface area contributed by atoms with Crippen molar-refractivity contribution in [2.24, 2.45) is 0 Å². The monoisotopic (exact) mass is 275 g/mol. The van der Waals surface area contributed by atoms with Crippen LogP contribution < -0.4 is 5.43 Å². The molecule has 0 aliphatic carbocycles. The Morgan fingerprint density at radius 1 is 0.900 bits per heavy atom. The summed E-state index contributed by atoms with van der Waals surface area (Å²) in [5.74, 6) is -3.73. The molecule has 0 spiro atoms. The normalized spacial score (nSPS) is 10.9. The number of halogens is 3. The zero-order valence-electron chi connectivity index (χ0n) is 10.1. The number of aromatic amines is 1. The van der Waals surface area contributed by atoms with E-state index in [2.05, 4.69) is 4.98 Å². The summed E-state index contributed by atoms with van der Waals surface area (Å²) in [5, 5.41) is -0.609. The smallest absolute Gasteiger partial charge is 0.193 e. The van der Waals surface area contributed by atoms with Crippen LogP contribution in [0.4, 0.5) is 13.2 Å². The van der Waals surface area contributed by atoms with Crippen LogP contribution in [0.3, 0.4) is 0 Å². The van der Waals surface area contributed by atoms with Crippen LogP contribution in [0.15, 0.2) is 47.3 Å². The fraction of sp³-hybridized carbons (Fsp3) is 0. The first kappa shape index (κ1) is 12.5. The van der Waals surface area contributed by atoms with Gasteiger partial charge in [0.2, 0.25) is 0 Å². The molecule has 0 amide bonds. The van der Waals surface area contributed by atoms with Gasteiger partial charge in [-0.1, -0.05) is 30.3 Å². The summed E-state index contributed by atoms with van der Waals surface area (Å²) in [6.45, 7) is 0. The second-order valence-corrected chi connectivity index (χ2v) is 4.32. The molecule has 0 aliphatic heterocycles. The van der Waals surface area contributed by atoms with E-state index in [1.165, 1.54) is 0 Å². The van der Waals surface area contributed by atoms with Crippen LogP contribution >= 0.6 is 0 Å². The number of pyridine rings is 1. The predicted molar refractivity (Wildman–Crippen MR) is 69.9 cm³/mol. The zero-order chi connectivity index (χ0) is 14.3. The molecule has 0 atom stereocenters. The van der Waals surface area contributed by atoms with Gasteiger partial charge in [-0.05, 0) is 5.56 Å². The Kier molecular flexibility index (Phi) is 2.82. The van der Waals surface area contributed by atoms with Crippen LogP contribution in [-0.2, 0) is 0 Å². The van der Waals surface area contributed by atoms with E-state index < -0.39 is 28.3 Å². The lowest BCUT2D eigenvalue weighted by Crippen LogP contribution is -2.08. The molecule has 0 aliphatic rings. The molecule has 3 rings (SSSR count). The maximum Gasteiger partial charge on any atom is 0.193 e. The van der Waals surface area contributed by atoms with Crippen LogP contribution in [0.5, 0.6) is 0 Å². The maximum atomic E-state index is 13.7. The molecule has 2 nitrogen and oxygen atoms in total. The molecule has 20 heavy (non-hydrogen) atoms. The maximum absolute atomic E-state index is 13.7. The minimum Gasteiger partial charge on any atom is -0.352 e. The molecule has 0 fully saturated rings. The number of rotatable bonds is 1. The third kappa shape index (κ3) is 1.87. The van der Waals surface area contributed by atoms with E-state index in [1.54, 1.807) is 30.3 Å². The van der Waals surface area contributed by atoms with Crippen LogP contribution in [0.1, 0.15) is 0 Å². The molecule has 0 unspecified atom stereocenters. The summed E-state index contributed by atoms with van der Waals surface area (Å²) in [6, 6.07) is 10.3. The summed E-state index contributed by atoms with van der Waals surface area (Å²) < 4.78 is 40.5. The number of H-pyrrole nitrogens is 1. The summed E-state index contributed by atoms with van der Waals surface area (Å²) in [5.41, 5.74) is -0.118. The first-order valence-electron chi connectivity index (χ1n) is 5.84. The lowest BCUT2D eigenvalue weighted by Gasteiger charge is -2.06. The van der Waals surface area contributed by atoms with Crippen LogP contribution in [-0.4, -0.2) is 4.98 Å². The van der Waals surface area contributed by atoms with Crippen molar-refractivity contribution in [2.75, 3.05) is 0 Å². The second kappa shape index (κ2) is 4.52. The van der Waals surface area contributed by atoms with Gasteiger partial charge >= 0.3 is 0 Å². The molecular formula is C15H8F3NO. The Labute approximate surface area is 111 Å². The molecule has 0 saturated heterocycles. The summed E-state index contributed by atoms with van der Waals surface area (Å²) in [6.07, 6.45) is 0. The molecule has 100 valence electrons. The van der Waals surface area contributed by atoms with Crippen molar-refractivity contribution in [3.8, 4) is 11.3 Å². The Balaban J connectivity index is 2.39. The van der Waals surface area contributed by atoms with Crippen molar-refractivity contribution in [2.45, 2.75) is 0 Å². The Bertz CT molecular complexity index is 856. The van der Waals surface area contributed by atoms with Crippen LogP contribution in [0.2, 0.25) is 0 Å². The Hall–Kier alpha value is -2.56. The van der Waals surface area contributed by atoms with E-state index in [-0.39, 0.29) is 5.52 Å². The van der Waals surface area contributed by atoms with Gasteiger partial charge in [-0.2, -0.15) is 0 Å². The number of hydrogen-bond donors (Lipinski definition) is 1. The van der Waals surface area contributed by atoms with Gasteiger partial charge < -0.3 is 4.98 Å². The molecule has 2 aromatic carbocycles. The average molecular weight is 275 g/mol. The standard InChI is InChI=1S/C15H8F3NO/c16-9-6-10(17)15-13(14(9)18)12(20)7-11(19-15)8-4-2-1-3-5-8/h1-7H,(H,19,20). The lowest BCUT2D eigenvalue weighted by atomic mass is 10.1. The summed E-state index contributed by atoms with van der Waals surface area (Å²) >= 11 is 0. The minimum atomic E-state index is -1.38. The molecule has 1 aromatic heterocycles. The lowest BCUT2D eigenvalue weighted by molar-refractivity contribution is 0.504. The van der Waals surface area contributed by atoms with E-state index >= 15 is 0 Å². The van der Waals surface area contributed by atoms with Gasteiger partial charge in [0, 0.05) is 17.8 Å². The molecule has 5 heteroatoms. The van der Waals surface area contributed by atoms with Crippen molar-refractivity contribution in [1.82, 2.24) is 4.98 Å². The van der Waals surface area contributed by atoms with Gasteiger partial charge in [-0.3, -0.25) is 4.79 Å². The van der Waals surface area contributed by atoms with E-state index in [0.29, 0.717) is 17.3 Å². The van der Waals surface area contributed by atoms with E-state index in [9.17, 15) is 18.0 Å². The van der Waals surface area contributed by atoms with Gasteiger partial charge in [0.15, 0.2) is 22.9 Å². The van der Waals surface area contributed by atoms with Gasteiger partial charge in [0.25, 0.3) is 0 Å². The quantitative estimate of drug-likeness (QED) is 0.676. The SMILES string of the molecule is O=c1cc(-c2ccccc2)[nH]c2c(F)cc(F)c(F)c12. The van der Waals surface area contributed by atoms with Gasteiger partial charge in [-0.15, -0.1) is 0 Å². The van der Waals surface area contributed by atoms with E-state index in [4.69, 9.17) is 0 Å². The fourth-order valence-corrected chi connectivity index (χ4v) is 2.10. The molecule has 1 N–H and O–H groups in total. The highest BCUT2D eigenvalue weighted by Crippen LogP contribution is 2.23. The minimum absolute atomic E-state index is 0.338. The summed E-state index contributed by atoms with van der Waals surface area (Å²) in [4.78, 5) is 14.5. The van der Waals surface area contributed by atoms with E-state index in [1.807, 2.05) is 0 Å². The highest BCUT2D eigenvalue weighted by molar-refractivity contribution is 5.82. The van der Waals surface area contributed by atoms with Crippen molar-refractivity contribution in [3.05, 3.63) is 70.1 Å². The number of benzene rings is 2. The number of nitrogens with one attached hydrogen (secondary N) is 1. The first-order chi connectivity index (χ1) is 9.58. The Morgan fingerprint density at radius 2 is 1.60 bits per heavy atom. The van der Waals surface area contributed by atoms with Crippen molar-refractivity contribution in [1.29, 1.82) is 0 Å². The topological polar surface area (TPSA) is 32.9 Å². The summed E-state index contributed by atoms with van der Waals surface area (Å²) in [7, 11) is 0. The number of hydrogen-bond acceptors (Lipinski definition) is 1.